The number of nitrogens with zero attached hydrogens (tertiary/aromatic N) is 3. The minimum Gasteiger partial charge on any atom is -0.478 e. The predicted molar refractivity (Wildman–Crippen MR) is 125 cm³/mol. The van der Waals surface area contributed by atoms with Gasteiger partial charge < -0.3 is 30.8 Å². The van der Waals surface area contributed by atoms with E-state index in [1.807, 2.05) is 0 Å². The third-order valence-corrected chi connectivity index (χ3v) is 6.63. The highest BCUT2D eigenvalue weighted by Gasteiger charge is 2.54. The topological polar surface area (TPSA) is 211 Å². The smallest absolute Gasteiger partial charge is 0.352 e. The number of carbonyl (C=O) groups excluding carboxylic acids is 3. The average molecular weight is 550 g/mol. The van der Waals surface area contributed by atoms with Crippen molar-refractivity contribution in [1.29, 1.82) is 0 Å². The summed E-state index contributed by atoms with van der Waals surface area (Å²) >= 11 is 2.18. The van der Waals surface area contributed by atoms with Crippen molar-refractivity contribution >= 4 is 76.1 Å². The van der Waals surface area contributed by atoms with Crippen LogP contribution in [0.4, 0.5) is 5.13 Å². The molecule has 1 aromatic rings. The van der Waals surface area contributed by atoms with E-state index in [0.717, 1.165) is 16.2 Å². The summed E-state index contributed by atoms with van der Waals surface area (Å²) in [6, 6.07) is -1.10. The number of nitrogen functional groups attached to an aromatic ring is 1. The number of carbonyl (C=O) groups is 5. The lowest BCUT2D eigenvalue weighted by Crippen LogP contribution is -2.71. The van der Waals surface area contributed by atoms with E-state index in [9.17, 15) is 29.1 Å². The number of hydrogen-bond donors (Lipinski definition) is 4. The standard InChI is InChI=1S/C18H19N5O9S2.ClH/c1-6(16(27)28)32-22-10(9-5-34-18(19)20-9)13(25)21-11-14(26)23-12(17(29)30)8(3-31-7(2)24)4-33-15(11)23;/h5-6,11,15H,3-4H2,1-2H3,(H2,19,20)(H,21,25)(H,27,28)(H,29,30);1H/b22-10-;/t6-,11?,15-;/m1./s1. The van der Waals surface area contributed by atoms with Crippen LogP contribution in [0.15, 0.2) is 21.8 Å². The number of hydrogen-bond acceptors (Lipinski definition) is 12. The SMILES string of the molecule is CC(=O)OCC1=C(C(=O)O)N2C(=O)C(NC(=O)/C(=N\O[C@H](C)C(=O)O)c3csc(N)n3)[C@H]2SC1.Cl. The monoisotopic (exact) mass is 549 g/mol. The average Bonchev–Trinajstić information content (AvgIpc) is 3.20. The maximum atomic E-state index is 12.9. The molecule has 17 heteroatoms. The number of rotatable bonds is 9. The summed E-state index contributed by atoms with van der Waals surface area (Å²) in [7, 11) is 0. The molecule has 0 aromatic carbocycles. The second-order valence-corrected chi connectivity index (χ2v) is 8.99. The third-order valence-electron chi connectivity index (χ3n) is 4.62. The molecule has 0 saturated carbocycles. The van der Waals surface area contributed by atoms with E-state index < -0.39 is 53.0 Å². The molecule has 3 atom stereocenters. The summed E-state index contributed by atoms with van der Waals surface area (Å²) < 4.78 is 4.87. The first-order chi connectivity index (χ1) is 16.0. The van der Waals surface area contributed by atoms with Gasteiger partial charge in [0.05, 0.1) is 0 Å². The van der Waals surface area contributed by atoms with Crippen LogP contribution in [0.3, 0.4) is 0 Å². The van der Waals surface area contributed by atoms with Crippen molar-refractivity contribution in [3.8, 4) is 0 Å². The number of anilines is 1. The molecule has 0 radical (unpaired) electrons. The molecule has 190 valence electrons. The van der Waals surface area contributed by atoms with Crippen LogP contribution in [0.2, 0.25) is 0 Å². The Morgan fingerprint density at radius 1 is 1.37 bits per heavy atom. The van der Waals surface area contributed by atoms with Crippen LogP contribution in [0, 0.1) is 0 Å². The zero-order valence-corrected chi connectivity index (χ0v) is 20.6. The molecular formula is C18H20ClN5O9S2. The Morgan fingerprint density at radius 2 is 2.06 bits per heavy atom. The Labute approximate surface area is 211 Å². The largest absolute Gasteiger partial charge is 0.478 e. The van der Waals surface area contributed by atoms with Crippen LogP contribution in [0.1, 0.15) is 19.5 Å². The quantitative estimate of drug-likeness (QED) is 0.135. The normalized spacial score (nSPS) is 20.1. The summed E-state index contributed by atoms with van der Waals surface area (Å²) in [5, 5.41) is 25.4. The first-order valence-corrected chi connectivity index (χ1v) is 11.5. The lowest BCUT2D eigenvalue weighted by Gasteiger charge is -2.49. The molecule has 2 aliphatic heterocycles. The van der Waals surface area contributed by atoms with Gasteiger partial charge in [0.15, 0.2) is 10.8 Å². The number of carboxylic acid groups (broad SMARTS) is 2. The molecule has 35 heavy (non-hydrogen) atoms. The van der Waals surface area contributed by atoms with Gasteiger partial charge in [-0.05, 0) is 6.92 Å². The molecule has 5 N–H and O–H groups in total. The first-order valence-electron chi connectivity index (χ1n) is 9.53. The number of esters is 1. The number of fused-ring (bicyclic) bond motifs is 1. The Balaban J connectivity index is 0.00000432. The van der Waals surface area contributed by atoms with E-state index in [-0.39, 0.29) is 46.9 Å². The summed E-state index contributed by atoms with van der Waals surface area (Å²) in [5.74, 6) is -4.73. The summed E-state index contributed by atoms with van der Waals surface area (Å²) in [6.07, 6.45) is -1.37. The number of thioether (sulfide) groups is 1. The van der Waals surface area contributed by atoms with Gasteiger partial charge in [-0.25, -0.2) is 14.6 Å². The molecule has 0 aliphatic carbocycles. The fraction of sp³-hybridized carbons (Fsp3) is 0.389. The van der Waals surface area contributed by atoms with Gasteiger partial charge >= 0.3 is 17.9 Å². The van der Waals surface area contributed by atoms with E-state index in [1.54, 1.807) is 0 Å². The fourth-order valence-corrected chi connectivity index (χ4v) is 4.85. The van der Waals surface area contributed by atoms with Gasteiger partial charge in [-0.2, -0.15) is 0 Å². The zero-order chi connectivity index (χ0) is 25.2. The molecule has 1 aromatic heterocycles. The number of aromatic nitrogens is 1. The van der Waals surface area contributed by atoms with E-state index in [4.69, 9.17) is 20.4 Å². The van der Waals surface area contributed by atoms with Gasteiger partial charge in [0.2, 0.25) is 6.10 Å². The Bertz CT molecular complexity index is 1120. The van der Waals surface area contributed by atoms with Gasteiger partial charge in [-0.15, -0.1) is 35.5 Å². The number of β-lactam (4-membered cyclic amide) rings is 1. The van der Waals surface area contributed by atoms with E-state index in [0.29, 0.717) is 0 Å². The number of thiazole rings is 1. The van der Waals surface area contributed by atoms with Crippen molar-refractivity contribution in [2.75, 3.05) is 18.1 Å². The van der Waals surface area contributed by atoms with Crippen LogP contribution in [0.25, 0.3) is 0 Å². The summed E-state index contributed by atoms with van der Waals surface area (Å²) in [6.45, 7) is 2.10. The van der Waals surface area contributed by atoms with Crippen molar-refractivity contribution < 1.29 is 43.8 Å². The number of ether oxygens (including phenoxy) is 1. The highest BCUT2D eigenvalue weighted by Crippen LogP contribution is 2.40. The Hall–Kier alpha value is -3.37. The molecule has 3 heterocycles. The second-order valence-electron chi connectivity index (χ2n) is 7.00. The van der Waals surface area contributed by atoms with Crippen molar-refractivity contribution in [3.05, 3.63) is 22.3 Å². The fourth-order valence-electron chi connectivity index (χ4n) is 2.97. The number of halogens is 1. The van der Waals surface area contributed by atoms with Crippen LogP contribution in [-0.2, 0) is 33.5 Å². The summed E-state index contributed by atoms with van der Waals surface area (Å²) in [4.78, 5) is 69.3. The molecule has 14 nitrogen and oxygen atoms in total. The van der Waals surface area contributed by atoms with E-state index in [1.165, 1.54) is 31.0 Å². The lowest BCUT2D eigenvalue weighted by atomic mass is 10.0. The van der Waals surface area contributed by atoms with Gasteiger partial charge in [0.1, 0.15) is 29.4 Å². The van der Waals surface area contributed by atoms with Crippen molar-refractivity contribution in [1.82, 2.24) is 15.2 Å². The molecule has 2 amide bonds. The van der Waals surface area contributed by atoms with Gasteiger partial charge in [-0.3, -0.25) is 19.3 Å². The minimum absolute atomic E-state index is 0. The van der Waals surface area contributed by atoms with Gasteiger partial charge in [-0.1, -0.05) is 5.16 Å². The predicted octanol–water partition coefficient (Wildman–Crippen LogP) is -0.357. The maximum absolute atomic E-state index is 12.9. The number of nitrogens with two attached hydrogens (primary N) is 1. The number of oxime groups is 1. The molecule has 1 saturated heterocycles. The molecule has 1 fully saturated rings. The minimum atomic E-state index is -1.37. The van der Waals surface area contributed by atoms with Crippen molar-refractivity contribution in [3.63, 3.8) is 0 Å². The number of carboxylic acids is 2. The number of aliphatic carboxylic acids is 2. The van der Waals surface area contributed by atoms with E-state index >= 15 is 0 Å². The molecule has 3 rings (SSSR count). The number of nitrogens with one attached hydrogen (secondary N) is 1. The highest BCUT2D eigenvalue weighted by molar-refractivity contribution is 8.00. The highest BCUT2D eigenvalue weighted by atomic mass is 35.5. The molecule has 0 bridgehead atoms. The Kier molecular flexibility index (Phi) is 9.06. The molecule has 0 spiro atoms. The van der Waals surface area contributed by atoms with Crippen LogP contribution < -0.4 is 11.1 Å². The van der Waals surface area contributed by atoms with Gasteiger partial charge in [0.25, 0.3) is 11.8 Å². The lowest BCUT2D eigenvalue weighted by molar-refractivity contribution is -0.150. The number of amides is 2. The molecular weight excluding hydrogens is 530 g/mol. The molecule has 2 aliphatic rings. The van der Waals surface area contributed by atoms with Crippen molar-refractivity contribution in [2.24, 2.45) is 5.16 Å². The Morgan fingerprint density at radius 3 is 2.60 bits per heavy atom. The van der Waals surface area contributed by atoms with Gasteiger partial charge in [0, 0.05) is 23.6 Å². The summed E-state index contributed by atoms with van der Waals surface area (Å²) in [5.41, 5.74) is 5.14. The first kappa shape index (κ1) is 27.9. The van der Waals surface area contributed by atoms with Crippen LogP contribution >= 0.6 is 35.5 Å². The third kappa shape index (κ3) is 6.01. The van der Waals surface area contributed by atoms with Crippen molar-refractivity contribution in [2.45, 2.75) is 31.4 Å². The molecule has 1 unspecified atom stereocenters. The zero-order valence-electron chi connectivity index (χ0n) is 18.1. The maximum Gasteiger partial charge on any atom is 0.352 e. The van der Waals surface area contributed by atoms with E-state index in [2.05, 4.69) is 15.5 Å². The van der Waals surface area contributed by atoms with Crippen LogP contribution in [-0.4, -0.2) is 85.4 Å². The second kappa shape index (κ2) is 11.4. The van der Waals surface area contributed by atoms with Crippen LogP contribution in [0.5, 0.6) is 0 Å².